The molecule has 0 saturated heterocycles. The first kappa shape index (κ1) is 18.7. The van der Waals surface area contributed by atoms with Gasteiger partial charge in [0.2, 0.25) is 0 Å². The number of hydrazine groups is 2. The number of hydrazone groups is 1. The van der Waals surface area contributed by atoms with E-state index in [1.54, 1.807) is 18.2 Å². The highest BCUT2D eigenvalue weighted by molar-refractivity contribution is 6.31. The Morgan fingerprint density at radius 1 is 1.30 bits per heavy atom. The Balaban J connectivity index is 1.60. The summed E-state index contributed by atoms with van der Waals surface area (Å²) in [5.74, 6) is 0.498. The van der Waals surface area contributed by atoms with E-state index in [0.717, 1.165) is 12.1 Å². The molecule has 1 amide bonds. The summed E-state index contributed by atoms with van der Waals surface area (Å²) in [5.41, 5.74) is 4.48. The summed E-state index contributed by atoms with van der Waals surface area (Å²) in [7, 11) is 0. The Hall–Kier alpha value is -3.05. The van der Waals surface area contributed by atoms with Crippen molar-refractivity contribution in [2.24, 2.45) is 5.10 Å². The van der Waals surface area contributed by atoms with Gasteiger partial charge in [-0.2, -0.15) is 18.3 Å². The highest BCUT2D eigenvalue weighted by Crippen LogP contribution is 2.36. The molecule has 3 N–H and O–H groups in total. The van der Waals surface area contributed by atoms with Crippen LogP contribution in [0.3, 0.4) is 0 Å². The summed E-state index contributed by atoms with van der Waals surface area (Å²) in [5, 5.41) is 6.99. The van der Waals surface area contributed by atoms with E-state index in [2.05, 4.69) is 26.5 Å². The van der Waals surface area contributed by atoms with Crippen LogP contribution >= 0.6 is 11.6 Å². The van der Waals surface area contributed by atoms with Crippen LogP contribution in [0.5, 0.6) is 0 Å². The van der Waals surface area contributed by atoms with Gasteiger partial charge in [-0.25, -0.2) is 20.3 Å². The van der Waals surface area contributed by atoms with Gasteiger partial charge in [0.15, 0.2) is 0 Å². The Kier molecular flexibility index (Phi) is 5.33. The molecule has 142 valence electrons. The number of amides is 1. The summed E-state index contributed by atoms with van der Waals surface area (Å²) in [6, 6.07) is 8.03. The smallest absolute Gasteiger partial charge is 0.417 e. The number of ether oxygens (including phenoxy) is 1. The number of pyridine rings is 1. The van der Waals surface area contributed by atoms with Gasteiger partial charge >= 0.3 is 12.3 Å². The molecule has 0 radical (unpaired) electrons. The number of carbonyl (C=O) groups excluding carboxylic acids is 1. The van der Waals surface area contributed by atoms with E-state index in [1.807, 2.05) is 0 Å². The molecule has 1 aromatic heterocycles. The van der Waals surface area contributed by atoms with Gasteiger partial charge in [0.25, 0.3) is 0 Å². The number of alkyl halides is 3. The molecule has 0 aliphatic carbocycles. The van der Waals surface area contributed by atoms with Crippen molar-refractivity contribution < 1.29 is 22.7 Å². The fourth-order valence-corrected chi connectivity index (χ4v) is 2.33. The summed E-state index contributed by atoms with van der Waals surface area (Å²) in [4.78, 5) is 16.1. The predicted molar refractivity (Wildman–Crippen MR) is 91.7 cm³/mol. The number of hydrogen-bond donors (Lipinski definition) is 3. The number of nitrogens with zero attached hydrogens (tertiary/aromatic N) is 3. The van der Waals surface area contributed by atoms with Crippen molar-refractivity contribution in [3.05, 3.63) is 52.7 Å². The maximum Gasteiger partial charge on any atom is 0.417 e. The van der Waals surface area contributed by atoms with Crippen LogP contribution in [0.15, 0.2) is 41.5 Å². The Bertz CT molecular complexity index is 877. The van der Waals surface area contributed by atoms with Crippen LogP contribution in [0.4, 0.5) is 29.5 Å². The maximum atomic E-state index is 12.8. The Morgan fingerprint density at radius 2 is 2.11 bits per heavy atom. The molecule has 1 aliphatic heterocycles. The van der Waals surface area contributed by atoms with E-state index in [1.165, 1.54) is 17.4 Å². The molecular formula is C15H12ClF3N6O2. The summed E-state index contributed by atoms with van der Waals surface area (Å²) in [6.45, 7) is -0.183. The zero-order valence-electron chi connectivity index (χ0n) is 13.4. The lowest BCUT2D eigenvalue weighted by molar-refractivity contribution is -0.137. The van der Waals surface area contributed by atoms with Crippen LogP contribution in [0.1, 0.15) is 11.3 Å². The number of rotatable bonds is 4. The minimum Gasteiger partial charge on any atom is -0.443 e. The van der Waals surface area contributed by atoms with E-state index in [-0.39, 0.29) is 12.3 Å². The fraction of sp³-hybridized carbons (Fsp3) is 0.133. The highest BCUT2D eigenvalue weighted by atomic mass is 35.5. The second-order valence-electron chi connectivity index (χ2n) is 5.22. The minimum absolute atomic E-state index is 0.0954. The van der Waals surface area contributed by atoms with Gasteiger partial charge in [-0.3, -0.25) is 5.32 Å². The molecule has 1 aliphatic rings. The Morgan fingerprint density at radius 3 is 2.81 bits per heavy atom. The predicted octanol–water partition coefficient (Wildman–Crippen LogP) is 3.28. The van der Waals surface area contributed by atoms with Crippen molar-refractivity contribution in [1.82, 2.24) is 16.1 Å². The van der Waals surface area contributed by atoms with Gasteiger partial charge < -0.3 is 4.74 Å². The molecule has 2 heterocycles. The number of nitrogens with one attached hydrogen (secondary N) is 3. The van der Waals surface area contributed by atoms with E-state index in [9.17, 15) is 18.0 Å². The van der Waals surface area contributed by atoms with Gasteiger partial charge in [-0.05, 0) is 30.3 Å². The van der Waals surface area contributed by atoms with Crippen molar-refractivity contribution in [3.63, 3.8) is 0 Å². The molecule has 0 fully saturated rings. The third-order valence-electron chi connectivity index (χ3n) is 3.32. The average molecular weight is 401 g/mol. The zero-order chi connectivity index (χ0) is 19.4. The second kappa shape index (κ2) is 7.68. The zero-order valence-corrected chi connectivity index (χ0v) is 14.2. The minimum atomic E-state index is -4.63. The molecule has 0 bridgehead atoms. The number of aromatic nitrogens is 1. The lowest BCUT2D eigenvalue weighted by atomic mass is 10.2. The monoisotopic (exact) mass is 400 g/mol. The van der Waals surface area contributed by atoms with Crippen LogP contribution in [0.2, 0.25) is 5.02 Å². The summed E-state index contributed by atoms with van der Waals surface area (Å²) < 4.78 is 43.5. The number of halogens is 4. The van der Waals surface area contributed by atoms with E-state index in [4.69, 9.17) is 16.3 Å². The van der Waals surface area contributed by atoms with E-state index < -0.39 is 22.9 Å². The fourth-order valence-electron chi connectivity index (χ4n) is 2.11. The third-order valence-corrected chi connectivity index (χ3v) is 3.65. The molecule has 0 unspecified atom stereocenters. The molecule has 2 aromatic rings. The lowest BCUT2D eigenvalue weighted by Crippen LogP contribution is -2.37. The summed E-state index contributed by atoms with van der Waals surface area (Å²) in [6.07, 6.45) is -4.11. The lowest BCUT2D eigenvalue weighted by Gasteiger charge is -2.14. The van der Waals surface area contributed by atoms with Crippen LogP contribution in [-0.2, 0) is 17.5 Å². The van der Waals surface area contributed by atoms with Crippen LogP contribution in [0, 0.1) is 0 Å². The van der Waals surface area contributed by atoms with Crippen LogP contribution in [0.25, 0.3) is 0 Å². The first-order valence-corrected chi connectivity index (χ1v) is 7.80. The highest BCUT2D eigenvalue weighted by Gasteiger charge is 2.33. The molecule has 0 spiro atoms. The van der Waals surface area contributed by atoms with E-state index >= 15 is 0 Å². The third kappa shape index (κ3) is 4.77. The largest absolute Gasteiger partial charge is 0.443 e. The number of carbonyl (C=O) groups is 1. The van der Waals surface area contributed by atoms with Gasteiger partial charge in [-0.15, -0.1) is 5.53 Å². The van der Waals surface area contributed by atoms with Gasteiger partial charge in [0, 0.05) is 5.69 Å². The van der Waals surface area contributed by atoms with Gasteiger partial charge in [-0.1, -0.05) is 17.7 Å². The van der Waals surface area contributed by atoms with Crippen LogP contribution < -0.4 is 21.4 Å². The topological polar surface area (TPSA) is 90.9 Å². The van der Waals surface area contributed by atoms with Crippen molar-refractivity contribution >= 4 is 35.5 Å². The summed E-state index contributed by atoms with van der Waals surface area (Å²) >= 11 is 5.53. The number of hydrogen-bond acceptors (Lipinski definition) is 7. The molecular weight excluding hydrogens is 389 g/mol. The first-order valence-electron chi connectivity index (χ1n) is 7.42. The normalized spacial score (nSPS) is 13.4. The van der Waals surface area contributed by atoms with Crippen molar-refractivity contribution in [1.29, 1.82) is 0 Å². The molecule has 0 saturated carbocycles. The molecule has 0 atom stereocenters. The molecule has 8 nitrogen and oxygen atoms in total. The number of anilines is 2. The first-order chi connectivity index (χ1) is 12.8. The number of benzene rings is 1. The SMILES string of the molecule is O=C(Nc1ccc(Cl)c(C(F)(F)F)c1)OCc1cccc(N2C=NNN2)n1. The molecule has 1 aromatic carbocycles. The quantitative estimate of drug-likeness (QED) is 0.729. The van der Waals surface area contributed by atoms with Crippen molar-refractivity contribution in [2.45, 2.75) is 12.8 Å². The maximum absolute atomic E-state index is 12.8. The molecule has 12 heteroatoms. The molecule has 3 rings (SSSR count). The Labute approximate surface area is 155 Å². The van der Waals surface area contributed by atoms with E-state index in [0.29, 0.717) is 11.5 Å². The van der Waals surface area contributed by atoms with Crippen LogP contribution in [-0.4, -0.2) is 17.4 Å². The average Bonchev–Trinajstić information content (AvgIpc) is 3.16. The van der Waals surface area contributed by atoms with Gasteiger partial charge in [0.1, 0.15) is 18.8 Å². The molecule has 27 heavy (non-hydrogen) atoms. The van der Waals surface area contributed by atoms with Gasteiger partial charge in [0.05, 0.1) is 16.3 Å². The van der Waals surface area contributed by atoms with Crippen molar-refractivity contribution in [2.75, 3.05) is 10.3 Å². The standard InChI is InChI=1S/C15H12ClF3N6O2/c16-12-5-4-9(6-11(12)15(17,18)19)22-14(26)27-7-10-2-1-3-13(21-10)25-8-20-23-24-25/h1-6,8,23-24H,7H2,(H,22,26). The second-order valence-corrected chi connectivity index (χ2v) is 5.63. The van der Waals surface area contributed by atoms with Crippen molar-refractivity contribution in [3.8, 4) is 0 Å².